The summed E-state index contributed by atoms with van der Waals surface area (Å²) in [6, 6.07) is 25.9. The third kappa shape index (κ3) is 5.21. The molecule has 0 aliphatic heterocycles. The molecule has 0 spiro atoms. The SMILES string of the molecule is COCCCN(Cc1cccn1Cc1ccccc1Cl)C(=O)c1ccc2ccccc2c1. The molecule has 4 rings (SSSR count). The smallest absolute Gasteiger partial charge is 0.254 e. The number of methoxy groups -OCH3 is 1. The van der Waals surface area contributed by atoms with Crippen molar-refractivity contribution in [1.29, 1.82) is 0 Å². The Kier molecular flexibility index (Phi) is 7.25. The normalized spacial score (nSPS) is 11.1. The van der Waals surface area contributed by atoms with Crippen LogP contribution in [0.15, 0.2) is 85.1 Å². The number of amides is 1. The molecule has 0 fully saturated rings. The van der Waals surface area contributed by atoms with Crippen LogP contribution >= 0.6 is 11.6 Å². The van der Waals surface area contributed by atoms with Gasteiger partial charge in [-0.3, -0.25) is 4.79 Å². The Bertz CT molecular complexity index is 1200. The van der Waals surface area contributed by atoms with Crippen molar-refractivity contribution in [3.63, 3.8) is 0 Å². The van der Waals surface area contributed by atoms with Gasteiger partial charge >= 0.3 is 0 Å². The van der Waals surface area contributed by atoms with E-state index in [9.17, 15) is 4.79 Å². The van der Waals surface area contributed by atoms with Gasteiger partial charge in [-0.05, 0) is 53.1 Å². The molecule has 0 radical (unpaired) electrons. The Morgan fingerprint density at radius 3 is 2.56 bits per heavy atom. The molecule has 0 atom stereocenters. The third-order valence-corrected chi connectivity index (χ3v) is 6.00. The molecule has 1 heterocycles. The summed E-state index contributed by atoms with van der Waals surface area (Å²) in [5.41, 5.74) is 2.82. The number of fused-ring (bicyclic) bond motifs is 1. The molecule has 0 bridgehead atoms. The van der Waals surface area contributed by atoms with Crippen molar-refractivity contribution in [1.82, 2.24) is 9.47 Å². The van der Waals surface area contributed by atoms with Crippen molar-refractivity contribution < 1.29 is 9.53 Å². The lowest BCUT2D eigenvalue weighted by atomic mass is 10.1. The van der Waals surface area contributed by atoms with Crippen LogP contribution in [0.4, 0.5) is 0 Å². The molecule has 32 heavy (non-hydrogen) atoms. The molecule has 164 valence electrons. The quantitative estimate of drug-likeness (QED) is 0.294. The lowest BCUT2D eigenvalue weighted by molar-refractivity contribution is 0.0720. The zero-order valence-corrected chi connectivity index (χ0v) is 19.0. The Morgan fingerprint density at radius 1 is 0.969 bits per heavy atom. The van der Waals surface area contributed by atoms with E-state index in [0.29, 0.717) is 31.8 Å². The van der Waals surface area contributed by atoms with Crippen molar-refractivity contribution in [3.8, 4) is 0 Å². The van der Waals surface area contributed by atoms with E-state index in [4.69, 9.17) is 16.3 Å². The van der Waals surface area contributed by atoms with E-state index >= 15 is 0 Å². The predicted octanol–water partition coefficient (Wildman–Crippen LogP) is 6.02. The number of hydrogen-bond donors (Lipinski definition) is 0. The lowest BCUT2D eigenvalue weighted by Gasteiger charge is -2.24. The minimum atomic E-state index is 0.0253. The fourth-order valence-corrected chi connectivity index (χ4v) is 4.11. The summed E-state index contributed by atoms with van der Waals surface area (Å²) in [5.74, 6) is 0.0253. The van der Waals surface area contributed by atoms with Crippen molar-refractivity contribution in [2.75, 3.05) is 20.3 Å². The van der Waals surface area contributed by atoms with Gasteiger partial charge in [-0.1, -0.05) is 60.1 Å². The molecule has 0 aliphatic carbocycles. The topological polar surface area (TPSA) is 34.5 Å². The van der Waals surface area contributed by atoms with E-state index in [1.54, 1.807) is 7.11 Å². The van der Waals surface area contributed by atoms with Crippen molar-refractivity contribution in [2.45, 2.75) is 19.5 Å². The molecule has 0 N–H and O–H groups in total. The first-order chi connectivity index (χ1) is 15.7. The van der Waals surface area contributed by atoms with Crippen LogP contribution in [0.25, 0.3) is 10.8 Å². The first-order valence-corrected chi connectivity index (χ1v) is 11.2. The number of nitrogens with zero attached hydrogens (tertiary/aromatic N) is 2. The highest BCUT2D eigenvalue weighted by Gasteiger charge is 2.18. The molecule has 0 saturated carbocycles. The maximum absolute atomic E-state index is 13.5. The summed E-state index contributed by atoms with van der Waals surface area (Å²) in [4.78, 5) is 15.4. The molecule has 0 unspecified atom stereocenters. The molecule has 1 amide bonds. The van der Waals surface area contributed by atoms with Gasteiger partial charge in [0.05, 0.1) is 6.54 Å². The second-order valence-corrected chi connectivity index (χ2v) is 8.26. The van der Waals surface area contributed by atoms with E-state index in [-0.39, 0.29) is 5.91 Å². The number of halogens is 1. The number of benzene rings is 3. The zero-order chi connectivity index (χ0) is 22.3. The molecular weight excluding hydrogens is 420 g/mol. The van der Waals surface area contributed by atoms with Crippen LogP contribution in [0.3, 0.4) is 0 Å². The van der Waals surface area contributed by atoms with Crippen molar-refractivity contribution >= 4 is 28.3 Å². The van der Waals surface area contributed by atoms with Gasteiger partial charge < -0.3 is 14.2 Å². The van der Waals surface area contributed by atoms with E-state index in [0.717, 1.165) is 33.5 Å². The number of aromatic nitrogens is 1. The van der Waals surface area contributed by atoms with E-state index < -0.39 is 0 Å². The molecule has 0 aliphatic rings. The minimum Gasteiger partial charge on any atom is -0.385 e. The van der Waals surface area contributed by atoms with Gasteiger partial charge in [-0.25, -0.2) is 0 Å². The third-order valence-electron chi connectivity index (χ3n) is 5.64. The molecule has 0 saturated heterocycles. The van der Waals surface area contributed by atoms with Crippen LogP contribution in [0.5, 0.6) is 0 Å². The van der Waals surface area contributed by atoms with Gasteiger partial charge in [0.15, 0.2) is 0 Å². The van der Waals surface area contributed by atoms with Crippen molar-refractivity contribution in [2.24, 2.45) is 0 Å². The minimum absolute atomic E-state index is 0.0253. The number of hydrogen-bond acceptors (Lipinski definition) is 2. The van der Waals surface area contributed by atoms with Crippen LogP contribution in [-0.2, 0) is 17.8 Å². The fourth-order valence-electron chi connectivity index (χ4n) is 3.91. The van der Waals surface area contributed by atoms with Crippen LogP contribution in [0, 0.1) is 0 Å². The van der Waals surface area contributed by atoms with Crippen LogP contribution in [0.2, 0.25) is 5.02 Å². The molecule has 3 aromatic carbocycles. The average molecular weight is 447 g/mol. The Morgan fingerprint density at radius 2 is 1.75 bits per heavy atom. The average Bonchev–Trinajstić information content (AvgIpc) is 3.25. The Labute approximate surface area is 194 Å². The largest absolute Gasteiger partial charge is 0.385 e. The van der Waals surface area contributed by atoms with Gasteiger partial charge in [0.2, 0.25) is 0 Å². The molecule has 1 aromatic heterocycles. The monoisotopic (exact) mass is 446 g/mol. The summed E-state index contributed by atoms with van der Waals surface area (Å²) in [7, 11) is 1.68. The first-order valence-electron chi connectivity index (χ1n) is 10.8. The predicted molar refractivity (Wildman–Crippen MR) is 130 cm³/mol. The number of carbonyl (C=O) groups is 1. The van der Waals surface area contributed by atoms with E-state index in [1.807, 2.05) is 77.8 Å². The van der Waals surface area contributed by atoms with Gasteiger partial charge in [0, 0.05) is 49.3 Å². The van der Waals surface area contributed by atoms with Gasteiger partial charge in [0.25, 0.3) is 5.91 Å². The first kappa shape index (κ1) is 22.1. The number of ether oxygens (including phenoxy) is 1. The lowest BCUT2D eigenvalue weighted by Crippen LogP contribution is -2.33. The summed E-state index contributed by atoms with van der Waals surface area (Å²) < 4.78 is 7.38. The summed E-state index contributed by atoms with van der Waals surface area (Å²) >= 11 is 6.37. The van der Waals surface area contributed by atoms with E-state index in [2.05, 4.69) is 16.7 Å². The highest BCUT2D eigenvalue weighted by molar-refractivity contribution is 6.31. The fraction of sp³-hybridized carbons (Fsp3) is 0.222. The summed E-state index contributed by atoms with van der Waals surface area (Å²) in [6.07, 6.45) is 2.81. The molecular formula is C27H27ClN2O2. The Balaban J connectivity index is 1.57. The highest BCUT2D eigenvalue weighted by atomic mass is 35.5. The Hall–Kier alpha value is -3.08. The van der Waals surface area contributed by atoms with Crippen LogP contribution < -0.4 is 0 Å². The second-order valence-electron chi connectivity index (χ2n) is 7.85. The standard InChI is InChI=1S/C27H27ClN2O2/c1-32-17-7-16-30(27(31)23-14-13-21-8-2-3-9-22(21)18-23)20-25-11-6-15-29(25)19-24-10-4-5-12-26(24)28/h2-6,8-15,18H,7,16-17,19-20H2,1H3. The van der Waals surface area contributed by atoms with Gasteiger partial charge in [0.1, 0.15) is 0 Å². The van der Waals surface area contributed by atoms with Crippen LogP contribution in [-0.4, -0.2) is 35.6 Å². The second kappa shape index (κ2) is 10.5. The summed E-state index contributed by atoms with van der Waals surface area (Å²) in [5, 5.41) is 2.94. The van der Waals surface area contributed by atoms with Gasteiger partial charge in [-0.2, -0.15) is 0 Å². The van der Waals surface area contributed by atoms with Crippen LogP contribution in [0.1, 0.15) is 28.0 Å². The number of carbonyl (C=O) groups excluding carboxylic acids is 1. The number of rotatable bonds is 9. The van der Waals surface area contributed by atoms with Crippen molar-refractivity contribution in [3.05, 3.63) is 107 Å². The maximum atomic E-state index is 13.5. The highest BCUT2D eigenvalue weighted by Crippen LogP contribution is 2.20. The zero-order valence-electron chi connectivity index (χ0n) is 18.2. The molecule has 4 nitrogen and oxygen atoms in total. The van der Waals surface area contributed by atoms with Gasteiger partial charge in [-0.15, -0.1) is 0 Å². The summed E-state index contributed by atoms with van der Waals surface area (Å²) in [6.45, 7) is 2.42. The maximum Gasteiger partial charge on any atom is 0.254 e. The molecule has 4 aromatic rings. The molecule has 5 heteroatoms. The van der Waals surface area contributed by atoms with E-state index in [1.165, 1.54) is 0 Å².